The van der Waals surface area contributed by atoms with Crippen molar-refractivity contribution in [1.82, 2.24) is 5.32 Å². The molecule has 0 saturated heterocycles. The van der Waals surface area contributed by atoms with Crippen LogP contribution in [0, 0.1) is 0 Å². The van der Waals surface area contributed by atoms with Gasteiger partial charge in [-0.15, -0.1) is 0 Å². The van der Waals surface area contributed by atoms with E-state index in [0.717, 1.165) is 12.8 Å². The summed E-state index contributed by atoms with van der Waals surface area (Å²) in [6.45, 7) is 2.95. The van der Waals surface area contributed by atoms with E-state index in [1.807, 2.05) is 21.1 Å². The maximum absolute atomic E-state index is 11.8. The number of rotatable bonds is 23. The summed E-state index contributed by atoms with van der Waals surface area (Å²) >= 11 is 0. The fraction of sp³-hybridized carbons (Fsp3) is 0.958. The Kier molecular flexibility index (Phi) is 20.1. The van der Waals surface area contributed by atoms with E-state index in [4.69, 9.17) is 18.5 Å². The molecule has 0 heterocycles. The molecule has 1 N–H and O–H groups in total. The molecule has 0 aromatic heterocycles. The lowest BCUT2D eigenvalue weighted by atomic mass is 10.1. The van der Waals surface area contributed by atoms with Crippen molar-refractivity contribution in [3.05, 3.63) is 0 Å². The van der Waals surface area contributed by atoms with Gasteiger partial charge in [0.1, 0.15) is 25.9 Å². The molecule has 0 spiro atoms. The van der Waals surface area contributed by atoms with Crippen molar-refractivity contribution in [3.63, 3.8) is 0 Å². The summed E-state index contributed by atoms with van der Waals surface area (Å²) in [5.41, 5.74) is 0. The summed E-state index contributed by atoms with van der Waals surface area (Å²) in [4.78, 5) is 23.7. The van der Waals surface area contributed by atoms with Crippen molar-refractivity contribution >= 4 is 13.9 Å². The average molecular weight is 511 g/mol. The van der Waals surface area contributed by atoms with Gasteiger partial charge in [0.25, 0.3) is 7.82 Å². The monoisotopic (exact) mass is 510 g/mol. The van der Waals surface area contributed by atoms with Crippen LogP contribution < -0.4 is 10.2 Å². The van der Waals surface area contributed by atoms with E-state index in [1.165, 1.54) is 71.3 Å². The Bertz CT molecular complexity index is 544. The molecule has 9 nitrogen and oxygen atoms in total. The van der Waals surface area contributed by atoms with Crippen LogP contribution in [-0.2, 0) is 23.1 Å². The Morgan fingerprint density at radius 1 is 0.882 bits per heavy atom. The SMILES string of the molecule is CCCCCCCCCCCCCCNC(=O)OCC(COP(=O)([O-])OCC[N+](C)(C)C)OC. The zero-order valence-electron chi connectivity index (χ0n) is 22.4. The Morgan fingerprint density at radius 2 is 1.41 bits per heavy atom. The minimum atomic E-state index is -4.43. The Hall–Kier alpha value is -0.700. The summed E-state index contributed by atoms with van der Waals surface area (Å²) in [6.07, 6.45) is 13.9. The van der Waals surface area contributed by atoms with Crippen LogP contribution in [-0.4, -0.2) is 77.8 Å². The van der Waals surface area contributed by atoms with Crippen LogP contribution in [0.2, 0.25) is 0 Å². The molecule has 0 fully saturated rings. The lowest BCUT2D eigenvalue weighted by Crippen LogP contribution is -2.37. The highest BCUT2D eigenvalue weighted by molar-refractivity contribution is 7.45. The standard InChI is InChI=1S/C24H51N2O7P/c1-6-7-8-9-10-11-12-13-14-15-16-17-18-25-24(27)31-21-23(30-5)22-33-34(28,29)32-20-19-26(2,3)4/h23H,6-22H2,1-5H3,(H-,25,27,28,29). The van der Waals surface area contributed by atoms with Crippen molar-refractivity contribution in [2.75, 3.05) is 61.2 Å². The quantitative estimate of drug-likeness (QED) is 0.121. The van der Waals surface area contributed by atoms with Crippen molar-refractivity contribution in [2.24, 2.45) is 0 Å². The first kappa shape index (κ1) is 33.3. The lowest BCUT2D eigenvalue weighted by molar-refractivity contribution is -0.870. The third-order valence-corrected chi connectivity index (χ3v) is 6.43. The van der Waals surface area contributed by atoms with Gasteiger partial charge in [-0.25, -0.2) is 4.79 Å². The van der Waals surface area contributed by atoms with Crippen LogP contribution in [0.4, 0.5) is 4.79 Å². The van der Waals surface area contributed by atoms with E-state index < -0.39 is 20.0 Å². The maximum Gasteiger partial charge on any atom is 0.407 e. The Morgan fingerprint density at radius 3 is 1.91 bits per heavy atom. The number of amides is 1. The predicted molar refractivity (Wildman–Crippen MR) is 134 cm³/mol. The molecule has 0 rings (SSSR count). The summed E-state index contributed by atoms with van der Waals surface area (Å²) in [5.74, 6) is 0. The van der Waals surface area contributed by atoms with Crippen molar-refractivity contribution in [1.29, 1.82) is 0 Å². The number of ether oxygens (including phenoxy) is 2. The van der Waals surface area contributed by atoms with E-state index in [1.54, 1.807) is 0 Å². The number of hydrogen-bond donors (Lipinski definition) is 1. The van der Waals surface area contributed by atoms with E-state index >= 15 is 0 Å². The summed E-state index contributed by atoms with van der Waals surface area (Å²) in [6, 6.07) is 0. The number of hydrogen-bond acceptors (Lipinski definition) is 7. The maximum atomic E-state index is 11.8. The zero-order valence-corrected chi connectivity index (χ0v) is 23.2. The van der Waals surface area contributed by atoms with Gasteiger partial charge in [-0.3, -0.25) is 4.57 Å². The molecule has 1 amide bonds. The first-order chi connectivity index (χ1) is 16.1. The number of quaternary nitrogens is 1. The molecule has 0 aliphatic rings. The van der Waals surface area contributed by atoms with Crippen molar-refractivity contribution in [3.8, 4) is 0 Å². The molecule has 204 valence electrons. The third kappa shape index (κ3) is 23.1. The minimum Gasteiger partial charge on any atom is -0.756 e. The van der Waals surface area contributed by atoms with E-state index in [2.05, 4.69) is 12.2 Å². The first-order valence-corrected chi connectivity index (χ1v) is 14.4. The van der Waals surface area contributed by atoms with Gasteiger partial charge >= 0.3 is 6.09 Å². The normalized spacial score (nSPS) is 14.5. The summed E-state index contributed by atoms with van der Waals surface area (Å²) in [7, 11) is 2.76. The van der Waals surface area contributed by atoms with Crippen LogP contribution in [0.25, 0.3) is 0 Å². The number of phosphoric acid groups is 1. The average Bonchev–Trinajstić information content (AvgIpc) is 2.76. The number of unbranched alkanes of at least 4 members (excludes halogenated alkanes) is 11. The highest BCUT2D eigenvalue weighted by atomic mass is 31.2. The molecule has 0 radical (unpaired) electrons. The molecule has 0 aromatic carbocycles. The van der Waals surface area contributed by atoms with Gasteiger partial charge in [0, 0.05) is 13.7 Å². The van der Waals surface area contributed by atoms with Crippen LogP contribution in [0.15, 0.2) is 0 Å². The van der Waals surface area contributed by atoms with Crippen LogP contribution in [0.5, 0.6) is 0 Å². The number of phosphoric ester groups is 1. The van der Waals surface area contributed by atoms with Crippen molar-refractivity contribution < 1.29 is 37.3 Å². The van der Waals surface area contributed by atoms with Gasteiger partial charge in [-0.2, -0.15) is 0 Å². The Labute approximate surface area is 208 Å². The second-order valence-corrected chi connectivity index (χ2v) is 11.3. The van der Waals surface area contributed by atoms with Crippen LogP contribution >= 0.6 is 7.82 Å². The number of nitrogens with one attached hydrogen (secondary N) is 1. The number of alkyl carbamates (subject to hydrolysis) is 1. The number of likely N-dealkylation sites (N-methyl/N-ethyl adjacent to an activating group) is 1. The number of methoxy groups -OCH3 is 1. The third-order valence-electron chi connectivity index (χ3n) is 5.46. The van der Waals surface area contributed by atoms with E-state index in [9.17, 15) is 14.3 Å². The van der Waals surface area contributed by atoms with Crippen LogP contribution in [0.3, 0.4) is 0 Å². The van der Waals surface area contributed by atoms with Gasteiger partial charge < -0.3 is 33.2 Å². The smallest absolute Gasteiger partial charge is 0.407 e. The molecular formula is C24H51N2O7P. The fourth-order valence-electron chi connectivity index (χ4n) is 3.20. The van der Waals surface area contributed by atoms with Gasteiger partial charge in [0.2, 0.25) is 0 Å². The fourth-order valence-corrected chi connectivity index (χ4v) is 3.93. The van der Waals surface area contributed by atoms with E-state index in [0.29, 0.717) is 17.6 Å². The molecular weight excluding hydrogens is 459 g/mol. The highest BCUT2D eigenvalue weighted by Gasteiger charge is 2.18. The molecule has 34 heavy (non-hydrogen) atoms. The molecule has 2 atom stereocenters. The minimum absolute atomic E-state index is 0.0277. The summed E-state index contributed by atoms with van der Waals surface area (Å²) < 4.78 is 32.3. The van der Waals surface area contributed by atoms with Crippen LogP contribution in [0.1, 0.15) is 84.0 Å². The number of carbonyl (C=O) groups is 1. The first-order valence-electron chi connectivity index (χ1n) is 12.9. The summed E-state index contributed by atoms with van der Waals surface area (Å²) in [5, 5.41) is 2.71. The number of nitrogens with zero attached hydrogens (tertiary/aromatic N) is 1. The largest absolute Gasteiger partial charge is 0.756 e. The van der Waals surface area contributed by atoms with E-state index in [-0.39, 0.29) is 19.8 Å². The van der Waals surface area contributed by atoms with Gasteiger partial charge in [0.15, 0.2) is 0 Å². The molecule has 0 saturated carbocycles. The molecule has 0 bridgehead atoms. The highest BCUT2D eigenvalue weighted by Crippen LogP contribution is 2.38. The Balaban J connectivity index is 3.71. The van der Waals surface area contributed by atoms with Gasteiger partial charge in [0.05, 0.1) is 27.7 Å². The molecule has 0 aliphatic heterocycles. The molecule has 0 aliphatic carbocycles. The van der Waals surface area contributed by atoms with Crippen molar-refractivity contribution in [2.45, 2.75) is 90.1 Å². The van der Waals surface area contributed by atoms with Gasteiger partial charge in [-0.05, 0) is 6.42 Å². The second kappa shape index (κ2) is 20.5. The number of carbonyl (C=O) groups excluding carboxylic acids is 1. The predicted octanol–water partition coefficient (Wildman–Crippen LogP) is 4.64. The second-order valence-electron chi connectivity index (χ2n) is 9.86. The zero-order chi connectivity index (χ0) is 25.7. The topological polar surface area (TPSA) is 106 Å². The lowest BCUT2D eigenvalue weighted by Gasteiger charge is -2.28. The molecule has 2 unspecified atom stereocenters. The molecule has 10 heteroatoms. The molecule has 0 aromatic rings. The van der Waals surface area contributed by atoms with Gasteiger partial charge in [-0.1, -0.05) is 77.6 Å².